The van der Waals surface area contributed by atoms with Crippen LogP contribution in [0.5, 0.6) is 0 Å². The maximum Gasteiger partial charge on any atom is 0.407 e. The molecule has 0 spiro atoms. The molecule has 2 aromatic carbocycles. The molecular weight excluding hydrogens is 384 g/mol. The molecule has 0 fully saturated rings. The van der Waals surface area contributed by atoms with E-state index in [0.717, 1.165) is 22.3 Å². The van der Waals surface area contributed by atoms with Crippen LogP contribution in [0, 0.1) is 0 Å². The molecule has 0 unspecified atom stereocenters. The van der Waals surface area contributed by atoms with Gasteiger partial charge in [0.15, 0.2) is 0 Å². The van der Waals surface area contributed by atoms with Crippen molar-refractivity contribution < 1.29 is 24.2 Å². The Morgan fingerprint density at radius 2 is 1.63 bits per heavy atom. The Balaban J connectivity index is 1.56. The molecule has 1 atom stereocenters. The maximum absolute atomic E-state index is 12.3. The number of ether oxygens (including phenoxy) is 1. The lowest BCUT2D eigenvalue weighted by Gasteiger charge is -2.21. The van der Waals surface area contributed by atoms with E-state index in [0.29, 0.717) is 6.54 Å². The van der Waals surface area contributed by atoms with E-state index in [1.807, 2.05) is 36.4 Å². The van der Waals surface area contributed by atoms with Gasteiger partial charge in [0.25, 0.3) is 0 Å². The lowest BCUT2D eigenvalue weighted by molar-refractivity contribution is -0.144. The lowest BCUT2D eigenvalue weighted by atomic mass is 9.98. The first kappa shape index (κ1) is 21.4. The van der Waals surface area contributed by atoms with E-state index in [1.165, 1.54) is 4.90 Å². The highest BCUT2D eigenvalue weighted by atomic mass is 16.5. The minimum atomic E-state index is -1.07. The molecule has 2 N–H and O–H groups in total. The van der Waals surface area contributed by atoms with E-state index in [2.05, 4.69) is 17.4 Å². The third kappa shape index (κ3) is 4.79. The standard InChI is InChI=1S/C23H26N2O5/c1-3-25(13-22(27)28)21(26)12-15(2)24-23(29)30-14-20-18-10-6-4-8-16(18)17-9-5-7-11-19(17)20/h4-11,15,20H,3,12-14H2,1-2H3,(H,24,29)(H,27,28)/t15-/m1/s1. The Morgan fingerprint density at radius 3 is 2.17 bits per heavy atom. The summed E-state index contributed by atoms with van der Waals surface area (Å²) >= 11 is 0. The first-order chi connectivity index (χ1) is 14.4. The van der Waals surface area contributed by atoms with Crippen molar-refractivity contribution in [1.29, 1.82) is 0 Å². The fraction of sp³-hybridized carbons (Fsp3) is 0.348. The number of carbonyl (C=O) groups is 3. The van der Waals surface area contributed by atoms with Crippen LogP contribution in [0.25, 0.3) is 11.1 Å². The van der Waals surface area contributed by atoms with Crippen molar-refractivity contribution in [3.05, 3.63) is 59.7 Å². The number of aliphatic carboxylic acids is 1. The van der Waals surface area contributed by atoms with Crippen molar-refractivity contribution in [2.45, 2.75) is 32.2 Å². The van der Waals surface area contributed by atoms with E-state index in [-0.39, 0.29) is 31.4 Å². The summed E-state index contributed by atoms with van der Waals surface area (Å²) < 4.78 is 5.47. The number of carboxylic acid groups (broad SMARTS) is 1. The summed E-state index contributed by atoms with van der Waals surface area (Å²) in [6.45, 7) is 3.54. The molecule has 2 amide bonds. The van der Waals surface area contributed by atoms with Crippen molar-refractivity contribution in [2.24, 2.45) is 0 Å². The van der Waals surface area contributed by atoms with Crippen LogP contribution in [0.15, 0.2) is 48.5 Å². The summed E-state index contributed by atoms with van der Waals surface area (Å²) in [6, 6.07) is 15.7. The lowest BCUT2D eigenvalue weighted by Crippen LogP contribution is -2.41. The topological polar surface area (TPSA) is 95.9 Å². The second-order valence-corrected chi connectivity index (χ2v) is 7.38. The van der Waals surface area contributed by atoms with Gasteiger partial charge in [0.2, 0.25) is 5.91 Å². The van der Waals surface area contributed by atoms with Crippen molar-refractivity contribution in [1.82, 2.24) is 10.2 Å². The van der Waals surface area contributed by atoms with E-state index in [9.17, 15) is 14.4 Å². The molecule has 0 saturated heterocycles. The zero-order valence-electron chi connectivity index (χ0n) is 17.1. The van der Waals surface area contributed by atoms with Gasteiger partial charge in [0.05, 0.1) is 0 Å². The van der Waals surface area contributed by atoms with Crippen molar-refractivity contribution in [3.8, 4) is 11.1 Å². The molecule has 0 aliphatic heterocycles. The van der Waals surface area contributed by atoms with Crippen LogP contribution >= 0.6 is 0 Å². The summed E-state index contributed by atoms with van der Waals surface area (Å²) in [4.78, 5) is 36.6. The molecule has 1 aliphatic rings. The smallest absolute Gasteiger partial charge is 0.407 e. The number of nitrogens with zero attached hydrogens (tertiary/aromatic N) is 1. The van der Waals surface area contributed by atoms with Gasteiger partial charge in [-0.2, -0.15) is 0 Å². The third-order valence-electron chi connectivity index (χ3n) is 5.25. The summed E-state index contributed by atoms with van der Waals surface area (Å²) in [7, 11) is 0. The number of rotatable bonds is 8. The average Bonchev–Trinajstić information content (AvgIpc) is 3.04. The van der Waals surface area contributed by atoms with Gasteiger partial charge in [-0.15, -0.1) is 0 Å². The molecule has 30 heavy (non-hydrogen) atoms. The van der Waals surface area contributed by atoms with E-state index in [1.54, 1.807) is 13.8 Å². The summed E-state index contributed by atoms with van der Waals surface area (Å²) in [5.41, 5.74) is 4.56. The Kier molecular flexibility index (Phi) is 6.72. The number of fused-ring (bicyclic) bond motifs is 3. The fourth-order valence-corrected chi connectivity index (χ4v) is 3.82. The molecule has 0 bridgehead atoms. The van der Waals surface area contributed by atoms with Crippen LogP contribution < -0.4 is 5.32 Å². The van der Waals surface area contributed by atoms with E-state index in [4.69, 9.17) is 9.84 Å². The Hall–Kier alpha value is -3.35. The van der Waals surface area contributed by atoms with Gasteiger partial charge in [-0.1, -0.05) is 48.5 Å². The largest absolute Gasteiger partial charge is 0.480 e. The third-order valence-corrected chi connectivity index (χ3v) is 5.25. The number of carboxylic acids is 1. The summed E-state index contributed by atoms with van der Waals surface area (Å²) in [6.07, 6.45) is -0.593. The molecule has 2 aromatic rings. The summed E-state index contributed by atoms with van der Waals surface area (Å²) in [5, 5.41) is 11.5. The predicted molar refractivity (Wildman–Crippen MR) is 112 cm³/mol. The van der Waals surface area contributed by atoms with Crippen molar-refractivity contribution >= 4 is 18.0 Å². The normalized spacial score (nSPS) is 13.1. The van der Waals surface area contributed by atoms with Gasteiger partial charge in [-0.3, -0.25) is 9.59 Å². The van der Waals surface area contributed by atoms with Gasteiger partial charge in [0, 0.05) is 24.9 Å². The first-order valence-electron chi connectivity index (χ1n) is 10.0. The number of likely N-dealkylation sites (N-methyl/N-ethyl adjacent to an activating group) is 1. The van der Waals surface area contributed by atoms with Crippen molar-refractivity contribution in [3.63, 3.8) is 0 Å². The van der Waals surface area contributed by atoms with E-state index >= 15 is 0 Å². The van der Waals surface area contributed by atoms with Crippen LogP contribution in [0.2, 0.25) is 0 Å². The first-order valence-corrected chi connectivity index (χ1v) is 10.0. The quantitative estimate of drug-likeness (QED) is 0.697. The second-order valence-electron chi connectivity index (χ2n) is 7.38. The number of amides is 2. The predicted octanol–water partition coefficient (Wildman–Crippen LogP) is 3.24. The Morgan fingerprint density at radius 1 is 1.07 bits per heavy atom. The van der Waals surface area contributed by atoms with Crippen LogP contribution in [0.3, 0.4) is 0 Å². The minimum absolute atomic E-state index is 0.00527. The Bertz CT molecular complexity index is 897. The van der Waals surface area contributed by atoms with Crippen LogP contribution in [0.4, 0.5) is 4.79 Å². The van der Waals surface area contributed by atoms with E-state index < -0.39 is 18.1 Å². The number of carbonyl (C=O) groups excluding carboxylic acids is 2. The van der Waals surface area contributed by atoms with Crippen LogP contribution in [0.1, 0.15) is 37.3 Å². The number of nitrogens with one attached hydrogen (secondary N) is 1. The van der Waals surface area contributed by atoms with Gasteiger partial charge < -0.3 is 20.1 Å². The molecule has 158 valence electrons. The SMILES string of the molecule is CCN(CC(=O)O)C(=O)C[C@@H](C)NC(=O)OCC1c2ccccc2-c2ccccc21. The molecule has 7 heteroatoms. The molecule has 1 aliphatic carbocycles. The Labute approximate surface area is 175 Å². The zero-order chi connectivity index (χ0) is 21.7. The number of benzene rings is 2. The van der Waals surface area contributed by atoms with Gasteiger partial charge in [-0.05, 0) is 36.1 Å². The zero-order valence-corrected chi connectivity index (χ0v) is 17.1. The maximum atomic E-state index is 12.3. The van der Waals surface area contributed by atoms with Gasteiger partial charge in [0.1, 0.15) is 13.2 Å². The van der Waals surface area contributed by atoms with Crippen LogP contribution in [-0.4, -0.2) is 53.7 Å². The highest BCUT2D eigenvalue weighted by molar-refractivity contribution is 5.82. The molecule has 0 heterocycles. The summed E-state index contributed by atoms with van der Waals surface area (Å²) in [5.74, 6) is -1.43. The number of alkyl carbamates (subject to hydrolysis) is 1. The number of hydrogen-bond acceptors (Lipinski definition) is 4. The highest BCUT2D eigenvalue weighted by Crippen LogP contribution is 2.44. The van der Waals surface area contributed by atoms with Gasteiger partial charge >= 0.3 is 12.1 Å². The molecule has 0 saturated carbocycles. The highest BCUT2D eigenvalue weighted by Gasteiger charge is 2.29. The average molecular weight is 410 g/mol. The van der Waals surface area contributed by atoms with Gasteiger partial charge in [-0.25, -0.2) is 4.79 Å². The van der Waals surface area contributed by atoms with Crippen LogP contribution in [-0.2, 0) is 14.3 Å². The monoisotopic (exact) mass is 410 g/mol. The number of hydrogen-bond donors (Lipinski definition) is 2. The fourth-order valence-electron chi connectivity index (χ4n) is 3.82. The molecule has 7 nitrogen and oxygen atoms in total. The minimum Gasteiger partial charge on any atom is -0.480 e. The molecular formula is C23H26N2O5. The van der Waals surface area contributed by atoms with Crippen molar-refractivity contribution in [2.75, 3.05) is 19.7 Å². The molecule has 3 rings (SSSR count). The second kappa shape index (κ2) is 9.43. The molecule has 0 aromatic heterocycles. The molecule has 0 radical (unpaired) electrons.